The number of anilines is 1. The van der Waals surface area contributed by atoms with Gasteiger partial charge in [0, 0.05) is 26.2 Å². The van der Waals surface area contributed by atoms with Crippen LogP contribution in [0.3, 0.4) is 0 Å². The van der Waals surface area contributed by atoms with E-state index < -0.39 is 0 Å². The molecule has 2 bridgehead atoms. The average Bonchev–Trinajstić information content (AvgIpc) is 3.38. The van der Waals surface area contributed by atoms with E-state index in [9.17, 15) is 4.79 Å². The van der Waals surface area contributed by atoms with Gasteiger partial charge in [-0.15, -0.1) is 0 Å². The topological polar surface area (TPSA) is 80.0 Å². The number of carbonyl (C=O) groups is 1. The molecule has 178 valence electrons. The van der Waals surface area contributed by atoms with Crippen LogP contribution in [0.5, 0.6) is 0 Å². The fourth-order valence-electron chi connectivity index (χ4n) is 5.29. The van der Waals surface area contributed by atoms with Crippen molar-refractivity contribution in [3.05, 3.63) is 70.1 Å². The van der Waals surface area contributed by atoms with Crippen LogP contribution in [0, 0.1) is 18.8 Å². The van der Waals surface area contributed by atoms with Crippen molar-refractivity contribution in [2.24, 2.45) is 11.8 Å². The van der Waals surface area contributed by atoms with E-state index in [-0.39, 0.29) is 5.91 Å². The van der Waals surface area contributed by atoms with E-state index in [1.807, 2.05) is 30.0 Å². The van der Waals surface area contributed by atoms with Gasteiger partial charge >= 0.3 is 0 Å². The van der Waals surface area contributed by atoms with Gasteiger partial charge in [-0.3, -0.25) is 9.78 Å². The van der Waals surface area contributed by atoms with Gasteiger partial charge in [0.25, 0.3) is 5.91 Å². The summed E-state index contributed by atoms with van der Waals surface area (Å²) in [4.78, 5) is 28.8. The normalized spacial score (nSPS) is 19.9. The molecule has 8 nitrogen and oxygen atoms in total. The maximum atomic E-state index is 13.7. The molecule has 0 N–H and O–H groups in total. The molecule has 0 spiro atoms. The minimum absolute atomic E-state index is 0.0289. The molecule has 2 saturated heterocycles. The molecule has 6 rings (SSSR count). The molecule has 2 aromatic heterocycles. The molecule has 10 heteroatoms. The maximum Gasteiger partial charge on any atom is 0.256 e. The second-order valence-corrected chi connectivity index (χ2v) is 10.2. The highest BCUT2D eigenvalue weighted by molar-refractivity contribution is 6.42. The van der Waals surface area contributed by atoms with E-state index in [0.29, 0.717) is 46.2 Å². The fourth-order valence-corrected chi connectivity index (χ4v) is 5.61. The van der Waals surface area contributed by atoms with Crippen molar-refractivity contribution in [2.45, 2.75) is 13.3 Å². The number of carbonyl (C=O) groups excluding carboxylic acids is 1. The van der Waals surface area contributed by atoms with Crippen LogP contribution in [0.15, 0.2) is 48.9 Å². The van der Waals surface area contributed by atoms with Gasteiger partial charge in [-0.05, 0) is 49.4 Å². The predicted octanol–water partition coefficient (Wildman–Crippen LogP) is 4.42. The van der Waals surface area contributed by atoms with Gasteiger partial charge in [-0.25, -0.2) is 4.98 Å². The number of fused-ring (bicyclic) bond motifs is 3. The van der Waals surface area contributed by atoms with Crippen LogP contribution in [0.1, 0.15) is 22.3 Å². The number of halogens is 2. The smallest absolute Gasteiger partial charge is 0.256 e. The Morgan fingerprint density at radius 1 is 0.943 bits per heavy atom. The Morgan fingerprint density at radius 3 is 2.34 bits per heavy atom. The lowest BCUT2D eigenvalue weighted by molar-refractivity contribution is 0.0564. The zero-order valence-electron chi connectivity index (χ0n) is 19.1. The Balaban J connectivity index is 1.23. The number of benzene rings is 2. The van der Waals surface area contributed by atoms with Crippen molar-refractivity contribution < 1.29 is 4.79 Å². The number of nitrogens with zero attached hydrogens (tertiary/aromatic N) is 7. The molecular formula is C25H23Cl2N7O. The zero-order valence-corrected chi connectivity index (χ0v) is 20.6. The Labute approximate surface area is 212 Å². The number of rotatable bonds is 3. The molecule has 0 saturated carbocycles. The standard InChI is InChI=1S/C25H23Cl2N7O/c1-15-2-3-23(34-29-4-5-30-34)18(6-15)25(35)33-13-16-7-17(14-33)12-32(11-16)24-10-28-21-8-19(26)20(27)9-22(21)31-24/h2-6,8-10,16-17H,7,11-14H2,1H3. The molecule has 2 aliphatic rings. The third kappa shape index (κ3) is 4.21. The number of hydrogen-bond acceptors (Lipinski definition) is 6. The van der Waals surface area contributed by atoms with Crippen molar-refractivity contribution in [1.82, 2.24) is 29.9 Å². The minimum atomic E-state index is 0.0289. The van der Waals surface area contributed by atoms with Gasteiger partial charge in [0.1, 0.15) is 5.82 Å². The van der Waals surface area contributed by atoms with Gasteiger partial charge in [-0.2, -0.15) is 15.0 Å². The second-order valence-electron chi connectivity index (χ2n) is 9.41. The molecule has 2 aromatic carbocycles. The lowest BCUT2D eigenvalue weighted by atomic mass is 9.84. The first-order chi connectivity index (χ1) is 16.9. The largest absolute Gasteiger partial charge is 0.355 e. The van der Waals surface area contributed by atoms with Crippen LogP contribution in [0.2, 0.25) is 10.0 Å². The molecule has 0 aliphatic carbocycles. The van der Waals surface area contributed by atoms with Crippen LogP contribution >= 0.6 is 23.2 Å². The van der Waals surface area contributed by atoms with Crippen molar-refractivity contribution in [3.8, 4) is 5.69 Å². The predicted molar refractivity (Wildman–Crippen MR) is 135 cm³/mol. The van der Waals surface area contributed by atoms with Crippen LogP contribution in [0.25, 0.3) is 16.7 Å². The van der Waals surface area contributed by atoms with E-state index in [1.54, 1.807) is 30.7 Å². The summed E-state index contributed by atoms with van der Waals surface area (Å²) in [5.74, 6) is 1.57. The fraction of sp³-hybridized carbons (Fsp3) is 0.320. The SMILES string of the molecule is Cc1ccc(-n2nccn2)c(C(=O)N2CC3CC(C2)CN(c2cnc4cc(Cl)c(Cl)cc4n2)C3)c1. The van der Waals surface area contributed by atoms with Crippen LogP contribution < -0.4 is 4.90 Å². The second kappa shape index (κ2) is 8.77. The summed E-state index contributed by atoms with van der Waals surface area (Å²) in [5.41, 5.74) is 3.81. The van der Waals surface area contributed by atoms with Gasteiger partial charge in [-0.1, -0.05) is 34.8 Å². The Bertz CT molecular complexity index is 1410. The molecular weight excluding hydrogens is 485 g/mol. The molecule has 1 amide bonds. The number of likely N-dealkylation sites (tertiary alicyclic amines) is 1. The Morgan fingerprint density at radius 2 is 1.63 bits per heavy atom. The first-order valence-electron chi connectivity index (χ1n) is 11.6. The first-order valence-corrected chi connectivity index (χ1v) is 12.3. The van der Waals surface area contributed by atoms with E-state index in [2.05, 4.69) is 20.1 Å². The summed E-state index contributed by atoms with van der Waals surface area (Å²) in [5, 5.41) is 9.41. The molecule has 2 atom stereocenters. The van der Waals surface area contributed by atoms with Crippen molar-refractivity contribution in [3.63, 3.8) is 0 Å². The van der Waals surface area contributed by atoms with Gasteiger partial charge in [0.2, 0.25) is 0 Å². The monoisotopic (exact) mass is 507 g/mol. The number of piperidine rings is 2. The number of hydrogen-bond donors (Lipinski definition) is 0. The third-order valence-electron chi connectivity index (χ3n) is 6.78. The van der Waals surface area contributed by atoms with E-state index in [4.69, 9.17) is 28.2 Å². The lowest BCUT2D eigenvalue weighted by Crippen LogP contribution is -2.54. The third-order valence-corrected chi connectivity index (χ3v) is 7.50. The summed E-state index contributed by atoms with van der Waals surface area (Å²) in [6.07, 6.45) is 6.13. The van der Waals surface area contributed by atoms with Crippen LogP contribution in [0.4, 0.5) is 5.82 Å². The Kier molecular flexibility index (Phi) is 5.57. The zero-order chi connectivity index (χ0) is 24.1. The van der Waals surface area contributed by atoms with Crippen molar-refractivity contribution in [2.75, 3.05) is 31.1 Å². The van der Waals surface area contributed by atoms with Gasteiger partial charge in [0.15, 0.2) is 0 Å². The Hall–Kier alpha value is -3.23. The quantitative estimate of drug-likeness (QED) is 0.408. The number of amides is 1. The van der Waals surface area contributed by atoms with Gasteiger partial charge in [0.05, 0.1) is 50.9 Å². The maximum absolute atomic E-state index is 13.7. The average molecular weight is 508 g/mol. The minimum Gasteiger partial charge on any atom is -0.355 e. The number of aromatic nitrogens is 5. The highest BCUT2D eigenvalue weighted by atomic mass is 35.5. The summed E-state index contributed by atoms with van der Waals surface area (Å²) >= 11 is 12.3. The van der Waals surface area contributed by atoms with Crippen molar-refractivity contribution >= 4 is 46.0 Å². The molecule has 2 fully saturated rings. The van der Waals surface area contributed by atoms with E-state index >= 15 is 0 Å². The highest BCUT2D eigenvalue weighted by Gasteiger charge is 2.37. The number of aryl methyl sites for hydroxylation is 1. The van der Waals surface area contributed by atoms with E-state index in [1.165, 1.54) is 4.80 Å². The summed E-state index contributed by atoms with van der Waals surface area (Å²) < 4.78 is 0. The molecule has 2 unspecified atom stereocenters. The van der Waals surface area contributed by atoms with Gasteiger partial charge < -0.3 is 9.80 Å². The summed E-state index contributed by atoms with van der Waals surface area (Å²) in [6.45, 7) is 5.04. The molecule has 2 aliphatic heterocycles. The molecule has 35 heavy (non-hydrogen) atoms. The summed E-state index contributed by atoms with van der Waals surface area (Å²) in [7, 11) is 0. The van der Waals surface area contributed by atoms with Crippen LogP contribution in [-0.2, 0) is 0 Å². The van der Waals surface area contributed by atoms with Crippen LogP contribution in [-0.4, -0.2) is 61.9 Å². The highest BCUT2D eigenvalue weighted by Crippen LogP contribution is 2.33. The molecule has 4 aromatic rings. The molecule has 0 radical (unpaired) electrons. The lowest BCUT2D eigenvalue weighted by Gasteiger charge is -2.46. The summed E-state index contributed by atoms with van der Waals surface area (Å²) in [6, 6.07) is 9.31. The van der Waals surface area contributed by atoms with E-state index in [0.717, 1.165) is 41.9 Å². The first kappa shape index (κ1) is 22.2. The molecule has 4 heterocycles. The van der Waals surface area contributed by atoms with Crippen molar-refractivity contribution in [1.29, 1.82) is 0 Å².